The minimum absolute atomic E-state index is 0. The van der Waals surface area contributed by atoms with E-state index in [4.69, 9.17) is 4.74 Å². The molecule has 0 radical (unpaired) electrons. The largest absolute Gasteiger partial charge is 0.368 e. The molecule has 1 amide bonds. The number of nitrogens with one attached hydrogen (secondary N) is 2. The van der Waals surface area contributed by atoms with Gasteiger partial charge in [0, 0.05) is 13.2 Å². The van der Waals surface area contributed by atoms with Crippen LogP contribution in [-0.2, 0) is 16.0 Å². The third-order valence-electron chi connectivity index (χ3n) is 4.62. The summed E-state index contributed by atoms with van der Waals surface area (Å²) < 4.78 is 5.58. The molecule has 0 saturated carbocycles. The number of carbonyl (C=O) groups excluding carboxylic acids is 1. The van der Waals surface area contributed by atoms with Gasteiger partial charge in [-0.25, -0.2) is 0 Å². The Kier molecular flexibility index (Phi) is 7.52. The first-order valence-electron chi connectivity index (χ1n) is 8.10. The highest BCUT2D eigenvalue weighted by Gasteiger charge is 2.40. The molecule has 23 heavy (non-hydrogen) atoms. The van der Waals surface area contributed by atoms with Gasteiger partial charge >= 0.3 is 0 Å². The Bertz CT molecular complexity index is 528. The molecule has 1 heterocycles. The van der Waals surface area contributed by atoms with Gasteiger partial charge in [-0.05, 0) is 64.3 Å². The SMILES string of the molecule is COC1(C(=O)NC(C)Cc2ccc(C)cc2C)CCNCC1.Cl. The van der Waals surface area contributed by atoms with Crippen molar-refractivity contribution in [1.29, 1.82) is 0 Å². The van der Waals surface area contributed by atoms with Gasteiger partial charge in [-0.1, -0.05) is 23.8 Å². The molecule has 2 rings (SSSR count). The molecule has 0 aliphatic carbocycles. The molecule has 4 nitrogen and oxygen atoms in total. The number of amides is 1. The fourth-order valence-electron chi connectivity index (χ4n) is 3.17. The fourth-order valence-corrected chi connectivity index (χ4v) is 3.17. The molecule has 1 fully saturated rings. The lowest BCUT2D eigenvalue weighted by molar-refractivity contribution is -0.147. The molecule has 1 saturated heterocycles. The summed E-state index contributed by atoms with van der Waals surface area (Å²) in [4.78, 5) is 12.6. The van der Waals surface area contributed by atoms with Crippen LogP contribution in [0, 0.1) is 13.8 Å². The molecule has 1 unspecified atom stereocenters. The van der Waals surface area contributed by atoms with E-state index in [0.29, 0.717) is 0 Å². The monoisotopic (exact) mass is 340 g/mol. The number of benzene rings is 1. The Morgan fingerprint density at radius 2 is 2.00 bits per heavy atom. The Balaban J connectivity index is 0.00000264. The van der Waals surface area contributed by atoms with Crippen LogP contribution in [0.4, 0.5) is 0 Å². The highest BCUT2D eigenvalue weighted by Crippen LogP contribution is 2.23. The Labute approximate surface area is 145 Å². The molecule has 0 bridgehead atoms. The quantitative estimate of drug-likeness (QED) is 0.866. The predicted octanol–water partition coefficient (Wildman–Crippen LogP) is 2.54. The fraction of sp³-hybridized carbons (Fsp3) is 0.611. The van der Waals surface area contributed by atoms with E-state index in [1.165, 1.54) is 16.7 Å². The summed E-state index contributed by atoms with van der Waals surface area (Å²) >= 11 is 0. The van der Waals surface area contributed by atoms with Crippen molar-refractivity contribution in [1.82, 2.24) is 10.6 Å². The van der Waals surface area contributed by atoms with E-state index in [-0.39, 0.29) is 24.4 Å². The average molecular weight is 341 g/mol. The molecule has 0 aromatic heterocycles. The molecule has 5 heteroatoms. The first kappa shape index (κ1) is 19.9. The number of methoxy groups -OCH3 is 1. The molecule has 1 atom stereocenters. The van der Waals surface area contributed by atoms with E-state index in [1.807, 2.05) is 0 Å². The number of rotatable bonds is 5. The van der Waals surface area contributed by atoms with Gasteiger partial charge in [0.1, 0.15) is 5.60 Å². The normalized spacial score (nSPS) is 17.9. The van der Waals surface area contributed by atoms with E-state index in [2.05, 4.69) is 49.6 Å². The zero-order chi connectivity index (χ0) is 16.2. The van der Waals surface area contributed by atoms with Crippen LogP contribution in [0.1, 0.15) is 36.5 Å². The Morgan fingerprint density at radius 1 is 1.35 bits per heavy atom. The standard InChI is InChI=1S/C18H28N2O2.ClH/c1-13-5-6-16(14(2)11-13)12-15(3)20-17(21)18(22-4)7-9-19-10-8-18;/h5-6,11,15,19H,7-10,12H2,1-4H3,(H,20,21);1H. The average Bonchev–Trinajstić information content (AvgIpc) is 2.50. The first-order valence-corrected chi connectivity index (χ1v) is 8.10. The van der Waals surface area contributed by atoms with Gasteiger partial charge in [0.05, 0.1) is 0 Å². The Morgan fingerprint density at radius 3 is 2.57 bits per heavy atom. The van der Waals surface area contributed by atoms with Crippen molar-refractivity contribution >= 4 is 18.3 Å². The molecule has 1 aromatic carbocycles. The number of hydrogen-bond acceptors (Lipinski definition) is 3. The van der Waals surface area contributed by atoms with Crippen molar-refractivity contribution in [2.24, 2.45) is 0 Å². The molecular formula is C18H29ClN2O2. The molecule has 130 valence electrons. The van der Waals surface area contributed by atoms with Gasteiger partial charge in [0.25, 0.3) is 5.91 Å². The summed E-state index contributed by atoms with van der Waals surface area (Å²) in [6, 6.07) is 6.56. The topological polar surface area (TPSA) is 50.4 Å². The van der Waals surface area contributed by atoms with E-state index in [0.717, 1.165) is 32.4 Å². The van der Waals surface area contributed by atoms with Crippen molar-refractivity contribution in [3.05, 3.63) is 34.9 Å². The van der Waals surface area contributed by atoms with Crippen LogP contribution in [0.25, 0.3) is 0 Å². The van der Waals surface area contributed by atoms with Crippen LogP contribution in [0.2, 0.25) is 0 Å². The van der Waals surface area contributed by atoms with Crippen molar-refractivity contribution in [2.45, 2.75) is 51.7 Å². The summed E-state index contributed by atoms with van der Waals surface area (Å²) in [7, 11) is 1.64. The van der Waals surface area contributed by atoms with Crippen molar-refractivity contribution < 1.29 is 9.53 Å². The Hall–Kier alpha value is -1.10. The highest BCUT2D eigenvalue weighted by molar-refractivity contribution is 5.86. The van der Waals surface area contributed by atoms with Crippen molar-refractivity contribution in [2.75, 3.05) is 20.2 Å². The smallest absolute Gasteiger partial charge is 0.252 e. The van der Waals surface area contributed by atoms with Crippen molar-refractivity contribution in [3.63, 3.8) is 0 Å². The predicted molar refractivity (Wildman–Crippen MR) is 96.3 cm³/mol. The maximum absolute atomic E-state index is 12.6. The lowest BCUT2D eigenvalue weighted by atomic mass is 9.90. The number of carbonyl (C=O) groups is 1. The molecule has 1 aliphatic rings. The summed E-state index contributed by atoms with van der Waals surface area (Å²) in [6.45, 7) is 7.93. The third kappa shape index (κ3) is 4.93. The summed E-state index contributed by atoms with van der Waals surface area (Å²) in [5, 5.41) is 6.41. The van der Waals surface area contributed by atoms with Gasteiger partial charge in [0.2, 0.25) is 0 Å². The minimum atomic E-state index is -0.665. The second-order valence-corrected chi connectivity index (χ2v) is 6.46. The van der Waals surface area contributed by atoms with Crippen LogP contribution in [0.3, 0.4) is 0 Å². The first-order chi connectivity index (χ1) is 10.5. The maximum Gasteiger partial charge on any atom is 0.252 e. The van der Waals surface area contributed by atoms with E-state index < -0.39 is 5.60 Å². The van der Waals surface area contributed by atoms with Crippen LogP contribution in [-0.4, -0.2) is 37.7 Å². The van der Waals surface area contributed by atoms with Crippen LogP contribution in [0.5, 0.6) is 0 Å². The minimum Gasteiger partial charge on any atom is -0.368 e. The van der Waals surface area contributed by atoms with E-state index in [1.54, 1.807) is 7.11 Å². The zero-order valence-electron chi connectivity index (χ0n) is 14.6. The van der Waals surface area contributed by atoms with E-state index >= 15 is 0 Å². The number of piperidine rings is 1. The van der Waals surface area contributed by atoms with Gasteiger partial charge in [-0.2, -0.15) is 0 Å². The second-order valence-electron chi connectivity index (χ2n) is 6.46. The van der Waals surface area contributed by atoms with Crippen LogP contribution < -0.4 is 10.6 Å². The lowest BCUT2D eigenvalue weighted by Gasteiger charge is -2.35. The van der Waals surface area contributed by atoms with Gasteiger partial charge in [-0.15, -0.1) is 12.4 Å². The summed E-state index contributed by atoms with van der Waals surface area (Å²) in [5.41, 5.74) is 3.17. The van der Waals surface area contributed by atoms with Gasteiger partial charge in [-0.3, -0.25) is 4.79 Å². The van der Waals surface area contributed by atoms with E-state index in [9.17, 15) is 4.79 Å². The number of halogens is 1. The summed E-state index contributed by atoms with van der Waals surface area (Å²) in [6.07, 6.45) is 2.30. The molecule has 1 aromatic rings. The lowest BCUT2D eigenvalue weighted by Crippen LogP contribution is -2.55. The second kappa shape index (κ2) is 8.67. The van der Waals surface area contributed by atoms with Crippen LogP contribution in [0.15, 0.2) is 18.2 Å². The third-order valence-corrected chi connectivity index (χ3v) is 4.62. The summed E-state index contributed by atoms with van der Waals surface area (Å²) in [5.74, 6) is 0.0220. The van der Waals surface area contributed by atoms with Crippen molar-refractivity contribution in [3.8, 4) is 0 Å². The number of ether oxygens (including phenoxy) is 1. The molecule has 2 N–H and O–H groups in total. The maximum atomic E-state index is 12.6. The molecule has 1 aliphatic heterocycles. The zero-order valence-corrected chi connectivity index (χ0v) is 15.4. The van der Waals surface area contributed by atoms with Gasteiger partial charge in [0.15, 0.2) is 0 Å². The number of aryl methyl sites for hydroxylation is 2. The van der Waals surface area contributed by atoms with Crippen LogP contribution >= 0.6 is 12.4 Å². The number of hydrogen-bond donors (Lipinski definition) is 2. The highest BCUT2D eigenvalue weighted by atomic mass is 35.5. The molecular weight excluding hydrogens is 312 g/mol. The molecule has 0 spiro atoms. The van der Waals surface area contributed by atoms with Gasteiger partial charge < -0.3 is 15.4 Å².